The second kappa shape index (κ2) is 3.74. The fourth-order valence-corrected chi connectivity index (χ4v) is 1.78. The van der Waals surface area contributed by atoms with Crippen LogP contribution in [0.4, 0.5) is 0 Å². The van der Waals surface area contributed by atoms with Gasteiger partial charge >= 0.3 is 0 Å². The van der Waals surface area contributed by atoms with Crippen LogP contribution in [-0.2, 0) is 4.79 Å². The molecule has 68 valence electrons. The molecule has 1 heterocycles. The van der Waals surface area contributed by atoms with Gasteiger partial charge in [0.05, 0.1) is 6.04 Å². The molecule has 0 radical (unpaired) electrons. The van der Waals surface area contributed by atoms with Gasteiger partial charge in [0.1, 0.15) is 0 Å². The Hall–Kier alpha value is -0.790. The molecule has 1 saturated heterocycles. The van der Waals surface area contributed by atoms with E-state index < -0.39 is 0 Å². The summed E-state index contributed by atoms with van der Waals surface area (Å²) in [6.45, 7) is 8.75. The van der Waals surface area contributed by atoms with E-state index in [9.17, 15) is 4.79 Å². The molecule has 1 fully saturated rings. The maximum absolute atomic E-state index is 11.4. The molecule has 1 amide bonds. The number of carbonyl (C=O) groups excluding carboxylic acids is 1. The molecule has 0 N–H and O–H groups in total. The molecule has 2 nitrogen and oxygen atoms in total. The van der Waals surface area contributed by atoms with Crippen molar-refractivity contribution in [3.8, 4) is 0 Å². The van der Waals surface area contributed by atoms with Crippen molar-refractivity contribution in [1.29, 1.82) is 0 Å². The summed E-state index contributed by atoms with van der Waals surface area (Å²) in [4.78, 5) is 13.4. The van der Waals surface area contributed by atoms with Crippen molar-refractivity contribution in [3.63, 3.8) is 0 Å². The molecule has 12 heavy (non-hydrogen) atoms. The molecular formula is C10H17NO. The van der Waals surface area contributed by atoms with Crippen LogP contribution in [0.25, 0.3) is 0 Å². The first-order valence-electron chi connectivity index (χ1n) is 4.61. The third kappa shape index (κ3) is 1.68. The summed E-state index contributed by atoms with van der Waals surface area (Å²) in [6.07, 6.45) is 2.84. The summed E-state index contributed by atoms with van der Waals surface area (Å²) in [5, 5.41) is 0. The van der Waals surface area contributed by atoms with Gasteiger partial charge in [0, 0.05) is 13.0 Å². The summed E-state index contributed by atoms with van der Waals surface area (Å²) in [5.41, 5.74) is 1.12. The molecule has 0 saturated carbocycles. The van der Waals surface area contributed by atoms with Crippen LogP contribution in [-0.4, -0.2) is 23.4 Å². The van der Waals surface area contributed by atoms with Gasteiger partial charge in [-0.2, -0.15) is 0 Å². The predicted octanol–water partition coefficient (Wildman–Crippen LogP) is 1.96. The van der Waals surface area contributed by atoms with E-state index in [1.54, 1.807) is 0 Å². The summed E-state index contributed by atoms with van der Waals surface area (Å²) in [6, 6.07) is 0.317. The molecule has 2 heteroatoms. The molecule has 0 aromatic rings. The highest BCUT2D eigenvalue weighted by Gasteiger charge is 2.27. The lowest BCUT2D eigenvalue weighted by Crippen LogP contribution is -2.35. The van der Waals surface area contributed by atoms with Crippen LogP contribution in [0.2, 0.25) is 0 Å². The highest BCUT2D eigenvalue weighted by atomic mass is 16.2. The Morgan fingerprint density at radius 2 is 2.33 bits per heavy atom. The smallest absolute Gasteiger partial charge is 0.222 e. The Morgan fingerprint density at radius 3 is 2.83 bits per heavy atom. The zero-order valence-corrected chi connectivity index (χ0v) is 7.97. The molecule has 1 aliphatic heterocycles. The Labute approximate surface area is 74.2 Å². The van der Waals surface area contributed by atoms with Gasteiger partial charge in [-0.05, 0) is 19.8 Å². The summed E-state index contributed by atoms with van der Waals surface area (Å²) in [7, 11) is 0. The third-order valence-corrected chi connectivity index (χ3v) is 2.44. The number of rotatable bonds is 2. The van der Waals surface area contributed by atoms with E-state index >= 15 is 0 Å². The van der Waals surface area contributed by atoms with E-state index in [0.29, 0.717) is 12.5 Å². The van der Waals surface area contributed by atoms with Crippen LogP contribution >= 0.6 is 0 Å². The van der Waals surface area contributed by atoms with Crippen molar-refractivity contribution < 1.29 is 4.79 Å². The fourth-order valence-electron chi connectivity index (χ4n) is 1.78. The van der Waals surface area contributed by atoms with Crippen molar-refractivity contribution in [2.24, 2.45) is 0 Å². The van der Waals surface area contributed by atoms with Crippen LogP contribution in [0.3, 0.4) is 0 Å². The van der Waals surface area contributed by atoms with Crippen molar-refractivity contribution in [2.75, 3.05) is 6.54 Å². The van der Waals surface area contributed by atoms with E-state index in [-0.39, 0.29) is 5.91 Å². The van der Waals surface area contributed by atoms with Crippen molar-refractivity contribution >= 4 is 5.91 Å². The van der Waals surface area contributed by atoms with Gasteiger partial charge in [0.25, 0.3) is 0 Å². The third-order valence-electron chi connectivity index (χ3n) is 2.44. The fraction of sp³-hybridized carbons (Fsp3) is 0.700. The SMILES string of the molecule is C=C(C)[C@@H]1CCCN1C(=O)CC. The average molecular weight is 167 g/mol. The minimum absolute atomic E-state index is 0.264. The Kier molecular flexibility index (Phi) is 2.90. The lowest BCUT2D eigenvalue weighted by molar-refractivity contribution is -0.131. The van der Waals surface area contributed by atoms with Crippen LogP contribution in [0.1, 0.15) is 33.1 Å². The molecule has 0 bridgehead atoms. The van der Waals surface area contributed by atoms with Gasteiger partial charge in [0.2, 0.25) is 5.91 Å². The molecular weight excluding hydrogens is 150 g/mol. The second-order valence-electron chi connectivity index (χ2n) is 3.45. The number of carbonyl (C=O) groups is 1. The van der Waals surface area contributed by atoms with Gasteiger partial charge in [0.15, 0.2) is 0 Å². The van der Waals surface area contributed by atoms with Gasteiger partial charge in [-0.25, -0.2) is 0 Å². The molecule has 0 unspecified atom stereocenters. The quantitative estimate of drug-likeness (QED) is 0.576. The number of nitrogens with zero attached hydrogens (tertiary/aromatic N) is 1. The lowest BCUT2D eigenvalue weighted by atomic mass is 10.1. The number of likely N-dealkylation sites (tertiary alicyclic amines) is 1. The van der Waals surface area contributed by atoms with Crippen molar-refractivity contribution in [1.82, 2.24) is 4.90 Å². The summed E-state index contributed by atoms with van der Waals surface area (Å²) >= 11 is 0. The minimum atomic E-state index is 0.264. The average Bonchev–Trinajstić information content (AvgIpc) is 2.50. The summed E-state index contributed by atoms with van der Waals surface area (Å²) < 4.78 is 0. The maximum Gasteiger partial charge on any atom is 0.222 e. The van der Waals surface area contributed by atoms with Gasteiger partial charge in [-0.3, -0.25) is 4.79 Å². The zero-order valence-electron chi connectivity index (χ0n) is 7.97. The molecule has 0 aromatic carbocycles. The van der Waals surface area contributed by atoms with Crippen LogP contribution in [0, 0.1) is 0 Å². The first-order valence-corrected chi connectivity index (χ1v) is 4.61. The first kappa shape index (κ1) is 9.30. The van der Waals surface area contributed by atoms with Crippen LogP contribution < -0.4 is 0 Å². The predicted molar refractivity (Wildman–Crippen MR) is 49.8 cm³/mol. The van der Waals surface area contributed by atoms with Gasteiger partial charge in [-0.15, -0.1) is 0 Å². The summed E-state index contributed by atoms with van der Waals surface area (Å²) in [5.74, 6) is 0.264. The molecule has 1 atom stereocenters. The van der Waals surface area contributed by atoms with E-state index in [2.05, 4.69) is 6.58 Å². The largest absolute Gasteiger partial charge is 0.336 e. The topological polar surface area (TPSA) is 20.3 Å². The van der Waals surface area contributed by atoms with Crippen molar-refractivity contribution in [3.05, 3.63) is 12.2 Å². The Balaban J connectivity index is 2.63. The Morgan fingerprint density at radius 1 is 1.67 bits per heavy atom. The number of hydrogen-bond donors (Lipinski definition) is 0. The van der Waals surface area contributed by atoms with Crippen molar-refractivity contribution in [2.45, 2.75) is 39.2 Å². The van der Waals surface area contributed by atoms with E-state index in [1.165, 1.54) is 0 Å². The monoisotopic (exact) mass is 167 g/mol. The highest BCUT2D eigenvalue weighted by Crippen LogP contribution is 2.22. The molecule has 1 rings (SSSR count). The maximum atomic E-state index is 11.4. The highest BCUT2D eigenvalue weighted by molar-refractivity contribution is 5.76. The molecule has 0 aliphatic carbocycles. The van der Waals surface area contributed by atoms with Crippen LogP contribution in [0.5, 0.6) is 0 Å². The van der Waals surface area contributed by atoms with Gasteiger partial charge in [-0.1, -0.05) is 19.1 Å². The first-order chi connectivity index (χ1) is 5.66. The number of hydrogen-bond acceptors (Lipinski definition) is 1. The molecule has 0 spiro atoms. The van der Waals surface area contributed by atoms with Gasteiger partial charge < -0.3 is 4.90 Å². The molecule has 0 aromatic heterocycles. The van der Waals surface area contributed by atoms with E-state index in [0.717, 1.165) is 25.0 Å². The standard InChI is InChI=1S/C10H17NO/c1-4-10(12)11-7-5-6-9(11)8(2)3/h9H,2,4-7H2,1,3H3/t9-/m0/s1. The Bertz CT molecular complexity index is 198. The lowest BCUT2D eigenvalue weighted by Gasteiger charge is -2.24. The molecule has 1 aliphatic rings. The van der Waals surface area contributed by atoms with E-state index in [1.807, 2.05) is 18.7 Å². The second-order valence-corrected chi connectivity index (χ2v) is 3.45. The minimum Gasteiger partial charge on any atom is -0.336 e. The normalized spacial score (nSPS) is 22.8. The number of amides is 1. The van der Waals surface area contributed by atoms with E-state index in [4.69, 9.17) is 0 Å². The van der Waals surface area contributed by atoms with Crippen LogP contribution in [0.15, 0.2) is 12.2 Å². The zero-order chi connectivity index (χ0) is 9.14.